The normalized spacial score (nSPS) is 17.9. The Morgan fingerprint density at radius 2 is 2.00 bits per heavy atom. The largest absolute Gasteiger partial charge is 0.379 e. The molecule has 0 spiro atoms. The van der Waals surface area contributed by atoms with Crippen molar-refractivity contribution in [3.05, 3.63) is 40.4 Å². The summed E-state index contributed by atoms with van der Waals surface area (Å²) in [5, 5.41) is 3.04. The molecule has 0 radical (unpaired) electrons. The number of carbonyl (C=O) groups excluding carboxylic acids is 2. The molecule has 1 saturated heterocycles. The summed E-state index contributed by atoms with van der Waals surface area (Å²) < 4.78 is 32.1. The van der Waals surface area contributed by atoms with E-state index in [9.17, 15) is 18.0 Å². The average Bonchev–Trinajstić information content (AvgIpc) is 3.12. The zero-order valence-corrected chi connectivity index (χ0v) is 16.6. The SMILES string of the molecule is O=C(Nc1nc2c(s1)C(=O)CCC2)c1cccc(S(=O)(=O)N2CCOCC2)c1. The van der Waals surface area contributed by atoms with Gasteiger partial charge >= 0.3 is 0 Å². The van der Waals surface area contributed by atoms with Crippen LogP contribution in [0.3, 0.4) is 0 Å². The van der Waals surface area contributed by atoms with Gasteiger partial charge in [-0.3, -0.25) is 14.9 Å². The van der Waals surface area contributed by atoms with E-state index < -0.39 is 15.9 Å². The summed E-state index contributed by atoms with van der Waals surface area (Å²) in [6, 6.07) is 5.92. The van der Waals surface area contributed by atoms with Crippen LogP contribution in [-0.4, -0.2) is 55.7 Å². The number of nitrogens with zero attached hydrogens (tertiary/aromatic N) is 2. The first-order valence-electron chi connectivity index (χ1n) is 8.97. The van der Waals surface area contributed by atoms with Gasteiger partial charge in [-0.15, -0.1) is 0 Å². The maximum Gasteiger partial charge on any atom is 0.257 e. The molecule has 1 aliphatic heterocycles. The minimum Gasteiger partial charge on any atom is -0.379 e. The Labute approximate surface area is 166 Å². The van der Waals surface area contributed by atoms with E-state index >= 15 is 0 Å². The van der Waals surface area contributed by atoms with Crippen LogP contribution in [0.25, 0.3) is 0 Å². The topological polar surface area (TPSA) is 106 Å². The summed E-state index contributed by atoms with van der Waals surface area (Å²) in [7, 11) is -3.68. The fraction of sp³-hybridized carbons (Fsp3) is 0.389. The maximum atomic E-state index is 12.8. The number of amides is 1. The van der Waals surface area contributed by atoms with Crippen molar-refractivity contribution in [2.24, 2.45) is 0 Å². The molecule has 2 aliphatic rings. The molecule has 8 nitrogen and oxygen atoms in total. The van der Waals surface area contributed by atoms with Gasteiger partial charge in [0.15, 0.2) is 10.9 Å². The molecule has 1 fully saturated rings. The summed E-state index contributed by atoms with van der Waals surface area (Å²) in [5.41, 5.74) is 0.939. The van der Waals surface area contributed by atoms with Crippen molar-refractivity contribution in [1.82, 2.24) is 9.29 Å². The summed E-state index contributed by atoms with van der Waals surface area (Å²) in [4.78, 5) is 29.5. The molecule has 28 heavy (non-hydrogen) atoms. The molecule has 1 aliphatic carbocycles. The molecular formula is C18H19N3O5S2. The summed E-state index contributed by atoms with van der Waals surface area (Å²) in [6.07, 6.45) is 2.00. The smallest absolute Gasteiger partial charge is 0.257 e. The summed E-state index contributed by atoms with van der Waals surface area (Å²) >= 11 is 1.17. The summed E-state index contributed by atoms with van der Waals surface area (Å²) in [6.45, 7) is 1.29. The van der Waals surface area contributed by atoms with E-state index in [-0.39, 0.29) is 29.3 Å². The Hall–Kier alpha value is -2.14. The van der Waals surface area contributed by atoms with Crippen LogP contribution in [0.15, 0.2) is 29.2 Å². The van der Waals surface area contributed by atoms with Gasteiger partial charge in [-0.2, -0.15) is 4.31 Å². The third-order valence-corrected chi connectivity index (χ3v) is 7.64. The Bertz CT molecular complexity index is 1030. The lowest BCUT2D eigenvalue weighted by Gasteiger charge is -2.26. The number of ketones is 1. The number of morpholine rings is 1. The Morgan fingerprint density at radius 1 is 1.21 bits per heavy atom. The predicted octanol–water partition coefficient (Wildman–Crippen LogP) is 1.94. The first-order chi connectivity index (χ1) is 13.4. The van der Waals surface area contributed by atoms with Crippen LogP contribution in [0.2, 0.25) is 0 Å². The van der Waals surface area contributed by atoms with Gasteiger partial charge in [0.1, 0.15) is 0 Å². The number of Topliss-reactive ketones (excluding diaryl/α,β-unsaturated/α-hetero) is 1. The minimum absolute atomic E-state index is 0.0536. The molecule has 2 aromatic rings. The van der Waals surface area contributed by atoms with E-state index in [0.717, 1.165) is 18.5 Å². The number of hydrogen-bond acceptors (Lipinski definition) is 7. The van der Waals surface area contributed by atoms with Gasteiger partial charge in [0, 0.05) is 25.1 Å². The van der Waals surface area contributed by atoms with Gasteiger partial charge in [0.25, 0.3) is 5.91 Å². The number of benzene rings is 1. The van der Waals surface area contributed by atoms with E-state index in [1.165, 1.54) is 27.8 Å². The van der Waals surface area contributed by atoms with Gasteiger partial charge in [-0.05, 0) is 31.0 Å². The molecule has 2 heterocycles. The zero-order valence-electron chi connectivity index (χ0n) is 15.0. The van der Waals surface area contributed by atoms with E-state index in [0.29, 0.717) is 29.6 Å². The Morgan fingerprint density at radius 3 is 2.75 bits per heavy atom. The molecule has 4 rings (SSSR count). The zero-order chi connectivity index (χ0) is 19.7. The number of aromatic nitrogens is 1. The molecule has 0 unspecified atom stereocenters. The predicted molar refractivity (Wildman–Crippen MR) is 103 cm³/mol. The molecular weight excluding hydrogens is 402 g/mol. The molecule has 0 atom stereocenters. The average molecular weight is 422 g/mol. The monoisotopic (exact) mass is 421 g/mol. The highest BCUT2D eigenvalue weighted by molar-refractivity contribution is 7.89. The van der Waals surface area contributed by atoms with Crippen LogP contribution in [0.4, 0.5) is 5.13 Å². The van der Waals surface area contributed by atoms with Gasteiger partial charge in [-0.1, -0.05) is 17.4 Å². The number of aryl methyl sites for hydroxylation is 1. The molecule has 148 valence electrons. The number of anilines is 1. The second-order valence-corrected chi connectivity index (χ2v) is 9.51. The second-order valence-electron chi connectivity index (χ2n) is 6.57. The highest BCUT2D eigenvalue weighted by Crippen LogP contribution is 2.30. The lowest BCUT2D eigenvalue weighted by Crippen LogP contribution is -2.40. The third kappa shape index (κ3) is 3.72. The highest BCUT2D eigenvalue weighted by atomic mass is 32.2. The number of carbonyl (C=O) groups is 2. The highest BCUT2D eigenvalue weighted by Gasteiger charge is 2.27. The number of ether oxygens (including phenoxy) is 1. The van der Waals surface area contributed by atoms with Crippen molar-refractivity contribution < 1.29 is 22.7 Å². The van der Waals surface area contributed by atoms with Crippen LogP contribution in [-0.2, 0) is 21.2 Å². The van der Waals surface area contributed by atoms with E-state index in [2.05, 4.69) is 10.3 Å². The number of rotatable bonds is 4. The molecule has 10 heteroatoms. The van der Waals surface area contributed by atoms with Gasteiger partial charge in [0.05, 0.1) is 28.7 Å². The second kappa shape index (κ2) is 7.70. The number of sulfonamides is 1. The van der Waals surface area contributed by atoms with E-state index in [1.54, 1.807) is 12.1 Å². The van der Waals surface area contributed by atoms with Gasteiger partial charge in [0.2, 0.25) is 10.0 Å². The fourth-order valence-corrected chi connectivity index (χ4v) is 5.65. The van der Waals surface area contributed by atoms with Crippen molar-refractivity contribution in [1.29, 1.82) is 0 Å². The van der Waals surface area contributed by atoms with Crippen molar-refractivity contribution in [2.45, 2.75) is 24.2 Å². The standard InChI is InChI=1S/C18H19N3O5S2/c22-15-6-2-5-14-16(15)27-18(19-14)20-17(23)12-3-1-4-13(11-12)28(24,25)21-7-9-26-10-8-21/h1,3-4,11H,2,5-10H2,(H,19,20,23). The molecule has 1 amide bonds. The summed E-state index contributed by atoms with van der Waals surface area (Å²) in [5.74, 6) is -0.407. The van der Waals surface area contributed by atoms with Crippen molar-refractivity contribution in [3.8, 4) is 0 Å². The van der Waals surface area contributed by atoms with Crippen LogP contribution in [0.1, 0.15) is 38.6 Å². The first kappa shape index (κ1) is 19.2. The van der Waals surface area contributed by atoms with Gasteiger partial charge in [-0.25, -0.2) is 13.4 Å². The number of thiazole rings is 1. The quantitative estimate of drug-likeness (QED) is 0.809. The van der Waals surface area contributed by atoms with Crippen LogP contribution >= 0.6 is 11.3 Å². The first-order valence-corrected chi connectivity index (χ1v) is 11.2. The number of nitrogens with one attached hydrogen (secondary N) is 1. The van der Waals surface area contributed by atoms with Crippen LogP contribution < -0.4 is 5.32 Å². The molecule has 1 aromatic heterocycles. The molecule has 0 saturated carbocycles. The third-order valence-electron chi connectivity index (χ3n) is 4.69. The lowest BCUT2D eigenvalue weighted by atomic mass is 10.0. The van der Waals surface area contributed by atoms with Crippen molar-refractivity contribution in [2.75, 3.05) is 31.6 Å². The fourth-order valence-electron chi connectivity index (χ4n) is 3.23. The van der Waals surface area contributed by atoms with E-state index in [1.807, 2.05) is 0 Å². The number of fused-ring (bicyclic) bond motifs is 1. The van der Waals surface area contributed by atoms with Gasteiger partial charge < -0.3 is 4.74 Å². The van der Waals surface area contributed by atoms with E-state index in [4.69, 9.17) is 4.74 Å². The molecule has 1 aromatic carbocycles. The molecule has 0 bridgehead atoms. The minimum atomic E-state index is -3.68. The maximum absolute atomic E-state index is 12.8. The van der Waals surface area contributed by atoms with Crippen LogP contribution in [0, 0.1) is 0 Å². The lowest BCUT2D eigenvalue weighted by molar-refractivity contribution is 0.0730. The molecule has 1 N–H and O–H groups in total. The Balaban J connectivity index is 1.54. The van der Waals surface area contributed by atoms with Crippen molar-refractivity contribution in [3.63, 3.8) is 0 Å². The van der Waals surface area contributed by atoms with Crippen molar-refractivity contribution >= 4 is 38.2 Å². The van der Waals surface area contributed by atoms with Crippen LogP contribution in [0.5, 0.6) is 0 Å². The Kier molecular flexibility index (Phi) is 5.28. The number of hydrogen-bond donors (Lipinski definition) is 1.